The number of halogens is 1. The third-order valence-corrected chi connectivity index (χ3v) is 2.15. The summed E-state index contributed by atoms with van der Waals surface area (Å²) in [7, 11) is 0. The second-order valence-electron chi connectivity index (χ2n) is 2.34. The number of para-hydroxylation sites is 1. The van der Waals surface area contributed by atoms with Crippen LogP contribution in [0.25, 0.3) is 5.69 Å². The number of hydrogen-bond donors (Lipinski definition) is 1. The summed E-state index contributed by atoms with van der Waals surface area (Å²) in [6, 6.07) is 7.34. The maximum atomic E-state index is 10.7. The van der Waals surface area contributed by atoms with E-state index in [-0.39, 0.29) is 0 Å². The van der Waals surface area contributed by atoms with Gasteiger partial charge in [-0.25, -0.2) is 9.32 Å². The van der Waals surface area contributed by atoms with Crippen LogP contribution in [0.2, 0.25) is 0 Å². The molecule has 6 heteroatoms. The van der Waals surface area contributed by atoms with Gasteiger partial charge in [-0.2, -0.15) is 0 Å². The molecule has 1 N–H and O–H groups in total. The summed E-state index contributed by atoms with van der Waals surface area (Å²) in [6.45, 7) is 0. The van der Waals surface area contributed by atoms with Gasteiger partial charge in [0.05, 0.1) is 9.27 Å². The highest BCUT2D eigenvalue weighted by Gasteiger charge is 2.15. The van der Waals surface area contributed by atoms with Gasteiger partial charge in [-0.05, 0) is 22.0 Å². The van der Waals surface area contributed by atoms with Crippen LogP contribution < -0.4 is 10.6 Å². The molecule has 1 heterocycles. The Labute approximate surface area is 81.1 Å². The topological polar surface area (TPSA) is 62.8 Å². The minimum atomic E-state index is -0.587. The molecule has 2 aromatic rings. The number of nitrogens with zero attached hydrogens (tertiary/aromatic N) is 2. The number of aromatic amines is 1. The smallest absolute Gasteiger partial charge is 0.239 e. The van der Waals surface area contributed by atoms with E-state index >= 15 is 0 Å². The molecule has 0 bridgehead atoms. The molecule has 0 aliphatic heterocycles. The number of H-pyrrole nitrogens is 1. The molecule has 0 saturated heterocycles. The first kappa shape index (κ1) is 8.18. The van der Waals surface area contributed by atoms with Crippen molar-refractivity contribution in [2.45, 2.75) is 0 Å². The fraction of sp³-hybridized carbons (Fsp3) is 0. The molecule has 66 valence electrons. The molecule has 0 aliphatic rings. The van der Waals surface area contributed by atoms with Crippen LogP contribution in [0.4, 0.5) is 0 Å². The van der Waals surface area contributed by atoms with Crippen LogP contribution in [0.3, 0.4) is 0 Å². The van der Waals surface area contributed by atoms with Crippen molar-refractivity contribution < 1.29 is 9.32 Å². The summed E-state index contributed by atoms with van der Waals surface area (Å²) < 4.78 is 5.18. The Morgan fingerprint density at radius 1 is 1.46 bits per heavy atom. The zero-order valence-electron chi connectivity index (χ0n) is 6.40. The lowest BCUT2D eigenvalue weighted by molar-refractivity contribution is -0.725. The van der Waals surface area contributed by atoms with Crippen molar-refractivity contribution in [3.8, 4) is 5.69 Å². The number of aromatic nitrogens is 3. The molecular formula is C7H5BrN3O2+. The normalized spacial score (nSPS) is 10.2. The molecule has 0 atom stereocenters. The molecule has 0 spiro atoms. The van der Waals surface area contributed by atoms with Gasteiger partial charge in [0, 0.05) is 6.07 Å². The first-order valence-electron chi connectivity index (χ1n) is 3.50. The number of benzene rings is 1. The summed E-state index contributed by atoms with van der Waals surface area (Å²) >= 11 is 3.32. The standard InChI is InChI=1S/C7H4BrN3O2/c8-5-3-1-2-4-6(5)11-9-7(12)13-10-11/h1-4H/p+1. The first-order chi connectivity index (χ1) is 6.27. The zero-order chi connectivity index (χ0) is 9.26. The third kappa shape index (κ3) is 1.52. The Balaban J connectivity index is 2.58. The lowest BCUT2D eigenvalue weighted by Crippen LogP contribution is -2.37. The summed E-state index contributed by atoms with van der Waals surface area (Å²) in [5.41, 5.74) is 0.716. The average molecular weight is 243 g/mol. The molecule has 1 aromatic heterocycles. The van der Waals surface area contributed by atoms with Crippen molar-refractivity contribution in [1.82, 2.24) is 10.4 Å². The molecule has 5 nitrogen and oxygen atoms in total. The molecule has 2 rings (SSSR count). The van der Waals surface area contributed by atoms with Gasteiger partial charge >= 0.3 is 5.76 Å². The summed E-state index contributed by atoms with van der Waals surface area (Å²) in [6.07, 6.45) is 0. The van der Waals surface area contributed by atoms with Crippen molar-refractivity contribution in [2.24, 2.45) is 0 Å². The van der Waals surface area contributed by atoms with E-state index in [0.29, 0.717) is 5.69 Å². The average Bonchev–Trinajstić information content (AvgIpc) is 2.53. The van der Waals surface area contributed by atoms with E-state index < -0.39 is 5.76 Å². The second kappa shape index (κ2) is 3.14. The van der Waals surface area contributed by atoms with Crippen molar-refractivity contribution in [1.29, 1.82) is 0 Å². The van der Waals surface area contributed by atoms with Crippen LogP contribution in [-0.4, -0.2) is 10.4 Å². The third-order valence-electron chi connectivity index (χ3n) is 1.48. The maximum absolute atomic E-state index is 10.7. The Morgan fingerprint density at radius 3 is 2.85 bits per heavy atom. The fourth-order valence-electron chi connectivity index (χ4n) is 0.933. The van der Waals surface area contributed by atoms with Crippen LogP contribution in [0.15, 0.2) is 38.1 Å². The molecule has 0 unspecified atom stereocenters. The van der Waals surface area contributed by atoms with Crippen LogP contribution in [0.1, 0.15) is 0 Å². The number of hydrogen-bond acceptors (Lipinski definition) is 3. The molecule has 0 saturated carbocycles. The van der Waals surface area contributed by atoms with Crippen LogP contribution >= 0.6 is 15.9 Å². The Kier molecular flexibility index (Phi) is 1.97. The van der Waals surface area contributed by atoms with Gasteiger partial charge in [0.2, 0.25) is 5.27 Å². The minimum Gasteiger partial charge on any atom is -0.239 e. The first-order valence-corrected chi connectivity index (χ1v) is 4.30. The predicted molar refractivity (Wildman–Crippen MR) is 46.4 cm³/mol. The molecular weight excluding hydrogens is 238 g/mol. The lowest BCUT2D eigenvalue weighted by atomic mass is 10.3. The van der Waals surface area contributed by atoms with E-state index in [1.165, 1.54) is 4.80 Å². The van der Waals surface area contributed by atoms with Crippen molar-refractivity contribution in [2.75, 3.05) is 0 Å². The summed E-state index contributed by atoms with van der Waals surface area (Å²) in [5.74, 6) is -0.587. The van der Waals surface area contributed by atoms with E-state index in [1.54, 1.807) is 6.07 Å². The van der Waals surface area contributed by atoms with Crippen LogP contribution in [0, 0.1) is 0 Å². The van der Waals surface area contributed by atoms with Crippen molar-refractivity contribution in [3.63, 3.8) is 0 Å². The largest absolute Gasteiger partial charge is 0.493 e. The molecule has 0 radical (unpaired) electrons. The highest BCUT2D eigenvalue weighted by atomic mass is 79.9. The quantitative estimate of drug-likeness (QED) is 0.737. The summed E-state index contributed by atoms with van der Waals surface area (Å²) in [5, 5.41) is 5.88. The van der Waals surface area contributed by atoms with Gasteiger partial charge in [-0.1, -0.05) is 17.2 Å². The molecule has 1 aromatic carbocycles. The van der Waals surface area contributed by atoms with Crippen LogP contribution in [0.5, 0.6) is 0 Å². The second-order valence-corrected chi connectivity index (χ2v) is 3.19. The summed E-state index contributed by atoms with van der Waals surface area (Å²) in [4.78, 5) is 11.9. The van der Waals surface area contributed by atoms with E-state index in [2.05, 4.69) is 30.8 Å². The van der Waals surface area contributed by atoms with Crippen molar-refractivity contribution in [3.05, 3.63) is 39.3 Å². The van der Waals surface area contributed by atoms with E-state index in [0.717, 1.165) is 4.47 Å². The highest BCUT2D eigenvalue weighted by molar-refractivity contribution is 9.10. The van der Waals surface area contributed by atoms with E-state index in [9.17, 15) is 4.79 Å². The Bertz CT molecular complexity index is 476. The molecule has 0 fully saturated rings. The van der Waals surface area contributed by atoms with Gasteiger partial charge in [0.15, 0.2) is 0 Å². The van der Waals surface area contributed by atoms with E-state index in [1.807, 2.05) is 18.2 Å². The fourth-order valence-corrected chi connectivity index (χ4v) is 1.39. The Hall–Kier alpha value is -1.43. The van der Waals surface area contributed by atoms with Gasteiger partial charge in [0.1, 0.15) is 0 Å². The van der Waals surface area contributed by atoms with Gasteiger partial charge < -0.3 is 0 Å². The van der Waals surface area contributed by atoms with E-state index in [4.69, 9.17) is 0 Å². The molecule has 0 amide bonds. The SMILES string of the molecule is O=c1[nH][n+](-c2ccccc2Br)no1. The number of nitrogens with one attached hydrogen (secondary N) is 1. The van der Waals surface area contributed by atoms with Crippen molar-refractivity contribution >= 4 is 15.9 Å². The van der Waals surface area contributed by atoms with Gasteiger partial charge in [0.25, 0.3) is 5.69 Å². The predicted octanol–water partition coefficient (Wildman–Crippen LogP) is 0.402. The maximum Gasteiger partial charge on any atom is 0.493 e. The minimum absolute atomic E-state index is 0.587. The molecule has 13 heavy (non-hydrogen) atoms. The van der Waals surface area contributed by atoms with Gasteiger partial charge in [-0.3, -0.25) is 0 Å². The van der Waals surface area contributed by atoms with Gasteiger partial charge in [-0.15, -0.1) is 0 Å². The zero-order valence-corrected chi connectivity index (χ0v) is 7.98. The van der Waals surface area contributed by atoms with Crippen LogP contribution in [-0.2, 0) is 0 Å². The molecule has 0 aliphatic carbocycles. The highest BCUT2D eigenvalue weighted by Crippen LogP contribution is 2.13. The monoisotopic (exact) mass is 242 g/mol. The lowest BCUT2D eigenvalue weighted by Gasteiger charge is -1.88. The Morgan fingerprint density at radius 2 is 2.23 bits per heavy atom. The number of rotatable bonds is 1.